The number of rotatable bonds is 3. The van der Waals surface area contributed by atoms with E-state index in [1.807, 2.05) is 30.3 Å². The van der Waals surface area contributed by atoms with Crippen LogP contribution in [0.2, 0.25) is 0 Å². The summed E-state index contributed by atoms with van der Waals surface area (Å²) in [6, 6.07) is 15.7. The highest BCUT2D eigenvalue weighted by atomic mass is 16.3. The normalized spacial score (nSPS) is 11.0. The summed E-state index contributed by atoms with van der Waals surface area (Å²) in [7, 11) is 0. The zero-order valence-electron chi connectivity index (χ0n) is 11.0. The second kappa shape index (κ2) is 5.46. The Kier molecular flexibility index (Phi) is 3.34. The van der Waals surface area contributed by atoms with E-state index in [-0.39, 0.29) is 17.0 Å². The molecule has 6 nitrogen and oxygen atoms in total. The largest absolute Gasteiger partial charge is 0.506 e. The average molecular weight is 280 g/mol. The van der Waals surface area contributed by atoms with Gasteiger partial charge in [-0.05, 0) is 24.3 Å². The van der Waals surface area contributed by atoms with E-state index >= 15 is 0 Å². The monoisotopic (exact) mass is 280 g/mol. The van der Waals surface area contributed by atoms with E-state index in [2.05, 4.69) is 15.3 Å². The molecule has 0 aliphatic rings. The highest BCUT2D eigenvalue weighted by Crippen LogP contribution is 2.26. The number of aromatic nitrogens is 2. The molecule has 2 N–H and O–H groups in total. The van der Waals surface area contributed by atoms with Crippen molar-refractivity contribution in [3.05, 3.63) is 71.1 Å². The SMILES string of the molecule is O=c1c(N=Nc2ccccc2O)c[nH]n1-c1ccccc1. The van der Waals surface area contributed by atoms with Gasteiger partial charge in [0.1, 0.15) is 11.4 Å². The Bertz CT molecular complexity index is 834. The predicted molar refractivity (Wildman–Crippen MR) is 78.7 cm³/mol. The molecule has 1 heterocycles. The topological polar surface area (TPSA) is 82.7 Å². The van der Waals surface area contributed by atoms with Gasteiger partial charge in [-0.1, -0.05) is 30.3 Å². The number of aromatic amines is 1. The molecule has 0 unspecified atom stereocenters. The molecule has 0 bridgehead atoms. The van der Waals surface area contributed by atoms with E-state index in [1.54, 1.807) is 18.2 Å². The lowest BCUT2D eigenvalue weighted by Gasteiger charge is -1.98. The summed E-state index contributed by atoms with van der Waals surface area (Å²) in [5.41, 5.74) is 0.887. The third-order valence-electron chi connectivity index (χ3n) is 2.91. The number of nitrogens with zero attached hydrogens (tertiary/aromatic N) is 3. The van der Waals surface area contributed by atoms with Crippen LogP contribution in [0.3, 0.4) is 0 Å². The van der Waals surface area contributed by atoms with Crippen molar-refractivity contribution >= 4 is 11.4 Å². The molecule has 0 amide bonds. The van der Waals surface area contributed by atoms with Crippen molar-refractivity contribution in [2.24, 2.45) is 10.2 Å². The predicted octanol–water partition coefficient (Wildman–Crippen LogP) is 3.29. The Balaban J connectivity index is 1.94. The minimum atomic E-state index is -0.305. The second-order valence-corrected chi connectivity index (χ2v) is 4.32. The van der Waals surface area contributed by atoms with Crippen LogP contribution in [0.1, 0.15) is 0 Å². The molecule has 2 aromatic carbocycles. The van der Waals surface area contributed by atoms with Crippen molar-refractivity contribution < 1.29 is 5.11 Å². The number of aromatic hydroxyl groups is 1. The van der Waals surface area contributed by atoms with Crippen LogP contribution in [0.15, 0.2) is 75.8 Å². The molecule has 0 aliphatic carbocycles. The molecule has 3 rings (SSSR count). The first-order valence-corrected chi connectivity index (χ1v) is 6.31. The maximum atomic E-state index is 12.2. The Hall–Kier alpha value is -3.15. The van der Waals surface area contributed by atoms with Crippen molar-refractivity contribution in [1.82, 2.24) is 9.78 Å². The number of para-hydroxylation sites is 2. The third-order valence-corrected chi connectivity index (χ3v) is 2.91. The Labute approximate surface area is 120 Å². The number of azo groups is 1. The van der Waals surface area contributed by atoms with Gasteiger partial charge in [0.15, 0.2) is 5.69 Å². The van der Waals surface area contributed by atoms with Crippen molar-refractivity contribution in [1.29, 1.82) is 0 Å². The van der Waals surface area contributed by atoms with Crippen LogP contribution in [0.4, 0.5) is 11.4 Å². The van der Waals surface area contributed by atoms with Crippen LogP contribution in [0.25, 0.3) is 5.69 Å². The van der Waals surface area contributed by atoms with Crippen molar-refractivity contribution in [2.75, 3.05) is 0 Å². The fraction of sp³-hybridized carbons (Fsp3) is 0. The summed E-state index contributed by atoms with van der Waals surface area (Å²) in [6.45, 7) is 0. The number of phenolic OH excluding ortho intramolecular Hbond substituents is 1. The van der Waals surface area contributed by atoms with Gasteiger partial charge in [-0.2, -0.15) is 0 Å². The van der Waals surface area contributed by atoms with E-state index in [0.717, 1.165) is 0 Å². The van der Waals surface area contributed by atoms with Crippen LogP contribution in [-0.2, 0) is 0 Å². The summed E-state index contributed by atoms with van der Waals surface area (Å²) < 4.78 is 1.37. The van der Waals surface area contributed by atoms with E-state index in [4.69, 9.17) is 0 Å². The molecular formula is C15H12N4O2. The zero-order chi connectivity index (χ0) is 14.7. The molecule has 0 spiro atoms. The van der Waals surface area contributed by atoms with Crippen LogP contribution < -0.4 is 5.56 Å². The van der Waals surface area contributed by atoms with Crippen LogP contribution >= 0.6 is 0 Å². The number of nitrogens with one attached hydrogen (secondary N) is 1. The first-order valence-electron chi connectivity index (χ1n) is 6.31. The first kappa shape index (κ1) is 12.9. The minimum absolute atomic E-state index is 0.0140. The maximum absolute atomic E-state index is 12.2. The molecule has 0 atom stereocenters. The number of phenols is 1. The van der Waals surface area contributed by atoms with Gasteiger partial charge in [0.2, 0.25) is 0 Å². The third kappa shape index (κ3) is 2.59. The van der Waals surface area contributed by atoms with Crippen molar-refractivity contribution in [3.63, 3.8) is 0 Å². The number of benzene rings is 2. The molecule has 104 valence electrons. The van der Waals surface area contributed by atoms with Gasteiger partial charge in [0, 0.05) is 0 Å². The molecule has 6 heteroatoms. The van der Waals surface area contributed by atoms with Gasteiger partial charge in [-0.25, -0.2) is 4.68 Å². The van der Waals surface area contributed by atoms with Gasteiger partial charge in [0.25, 0.3) is 5.56 Å². The van der Waals surface area contributed by atoms with Gasteiger partial charge >= 0.3 is 0 Å². The van der Waals surface area contributed by atoms with Crippen molar-refractivity contribution in [2.45, 2.75) is 0 Å². The van der Waals surface area contributed by atoms with Gasteiger partial charge < -0.3 is 5.11 Å². The second-order valence-electron chi connectivity index (χ2n) is 4.32. The fourth-order valence-corrected chi connectivity index (χ4v) is 1.86. The van der Waals surface area contributed by atoms with Gasteiger partial charge in [-0.3, -0.25) is 9.89 Å². The quantitative estimate of drug-likeness (QED) is 0.722. The van der Waals surface area contributed by atoms with Crippen molar-refractivity contribution in [3.8, 4) is 11.4 Å². The highest BCUT2D eigenvalue weighted by molar-refractivity contribution is 5.50. The van der Waals surface area contributed by atoms with Gasteiger partial charge in [0.05, 0.1) is 11.9 Å². The lowest BCUT2D eigenvalue weighted by atomic mass is 10.3. The van der Waals surface area contributed by atoms with Crippen LogP contribution in [0, 0.1) is 0 Å². The molecule has 21 heavy (non-hydrogen) atoms. The Morgan fingerprint density at radius 2 is 1.57 bits per heavy atom. The maximum Gasteiger partial charge on any atom is 0.298 e. The Morgan fingerprint density at radius 3 is 2.33 bits per heavy atom. The van der Waals surface area contributed by atoms with Crippen LogP contribution in [-0.4, -0.2) is 14.9 Å². The molecule has 0 saturated heterocycles. The molecule has 0 saturated carbocycles. The molecule has 1 aromatic heterocycles. The minimum Gasteiger partial charge on any atom is -0.506 e. The lowest BCUT2D eigenvalue weighted by molar-refractivity contribution is 0.476. The molecule has 0 radical (unpaired) electrons. The highest BCUT2D eigenvalue weighted by Gasteiger charge is 2.07. The number of H-pyrrole nitrogens is 1. The molecular weight excluding hydrogens is 268 g/mol. The van der Waals surface area contributed by atoms with Crippen LogP contribution in [0.5, 0.6) is 5.75 Å². The smallest absolute Gasteiger partial charge is 0.298 e. The Morgan fingerprint density at radius 1 is 0.905 bits per heavy atom. The lowest BCUT2D eigenvalue weighted by Crippen LogP contribution is -2.13. The van der Waals surface area contributed by atoms with E-state index < -0.39 is 0 Å². The summed E-state index contributed by atoms with van der Waals surface area (Å²) in [6.07, 6.45) is 1.47. The molecule has 0 fully saturated rings. The summed E-state index contributed by atoms with van der Waals surface area (Å²) in [5, 5.41) is 20.2. The van der Waals surface area contributed by atoms with E-state index in [1.165, 1.54) is 16.9 Å². The number of hydrogen-bond donors (Lipinski definition) is 2. The zero-order valence-corrected chi connectivity index (χ0v) is 11.0. The fourth-order valence-electron chi connectivity index (χ4n) is 1.86. The standard InChI is InChI=1S/C15H12N4O2/c20-14-9-5-4-8-12(14)17-18-13-10-16-19(15(13)21)11-6-2-1-3-7-11/h1-10,16,20H. The van der Waals surface area contributed by atoms with Gasteiger partial charge in [-0.15, -0.1) is 10.2 Å². The number of hydrogen-bond acceptors (Lipinski definition) is 4. The average Bonchev–Trinajstić information content (AvgIpc) is 2.88. The summed E-state index contributed by atoms with van der Waals surface area (Å²) in [4.78, 5) is 12.2. The first-order chi connectivity index (χ1) is 10.3. The summed E-state index contributed by atoms with van der Waals surface area (Å²) in [5.74, 6) is 0.0140. The summed E-state index contributed by atoms with van der Waals surface area (Å²) >= 11 is 0. The molecule has 3 aromatic rings. The molecule has 0 aliphatic heterocycles. The van der Waals surface area contributed by atoms with E-state index in [0.29, 0.717) is 11.4 Å². The van der Waals surface area contributed by atoms with E-state index in [9.17, 15) is 9.90 Å².